The fraction of sp³-hybridized carbons (Fsp3) is 0.407. The standard InChI is InChI=1S/C27H33N7O/c1-17(2)21-15-22(18(3)13-23(21)35)30-26-24-25(29-16-33(24)4)31-27(32-26)34-11-7-20(8-12-34)14-19-5-9-28-10-6-19/h5-6,9-10,13,15-17,20,35H,7-8,11-12,14H2,1-4H3,(H,30,31,32). The summed E-state index contributed by atoms with van der Waals surface area (Å²) in [6.45, 7) is 7.98. The zero-order valence-electron chi connectivity index (χ0n) is 20.9. The summed E-state index contributed by atoms with van der Waals surface area (Å²) in [5, 5.41) is 13.9. The highest BCUT2D eigenvalue weighted by Crippen LogP contribution is 2.34. The predicted molar refractivity (Wildman–Crippen MR) is 139 cm³/mol. The van der Waals surface area contributed by atoms with E-state index in [9.17, 15) is 5.11 Å². The maximum atomic E-state index is 10.4. The van der Waals surface area contributed by atoms with Gasteiger partial charge >= 0.3 is 0 Å². The third-order valence-corrected chi connectivity index (χ3v) is 6.98. The van der Waals surface area contributed by atoms with Crippen LogP contribution in [0.5, 0.6) is 5.75 Å². The molecule has 0 spiro atoms. The largest absolute Gasteiger partial charge is 0.508 e. The van der Waals surface area contributed by atoms with E-state index in [4.69, 9.17) is 9.97 Å². The van der Waals surface area contributed by atoms with Crippen LogP contribution in [0.25, 0.3) is 11.2 Å². The molecular formula is C27H33N7O. The van der Waals surface area contributed by atoms with E-state index in [1.807, 2.05) is 43.1 Å². The number of hydrogen-bond donors (Lipinski definition) is 2. The highest BCUT2D eigenvalue weighted by molar-refractivity contribution is 5.87. The molecule has 4 heterocycles. The van der Waals surface area contributed by atoms with E-state index in [1.165, 1.54) is 5.56 Å². The van der Waals surface area contributed by atoms with Crippen LogP contribution in [0.2, 0.25) is 0 Å². The minimum Gasteiger partial charge on any atom is -0.508 e. The summed E-state index contributed by atoms with van der Waals surface area (Å²) in [6, 6.07) is 8.05. The van der Waals surface area contributed by atoms with Crippen LogP contribution in [0.3, 0.4) is 0 Å². The predicted octanol–water partition coefficient (Wildman–Crippen LogP) is 5.10. The number of phenols is 1. The zero-order valence-corrected chi connectivity index (χ0v) is 20.9. The number of aromatic nitrogens is 5. The minimum atomic E-state index is 0.210. The van der Waals surface area contributed by atoms with Crippen LogP contribution in [0, 0.1) is 12.8 Å². The minimum absolute atomic E-state index is 0.210. The maximum Gasteiger partial charge on any atom is 0.229 e. The van der Waals surface area contributed by atoms with E-state index in [1.54, 1.807) is 6.33 Å². The van der Waals surface area contributed by atoms with Gasteiger partial charge in [-0.05, 0) is 79.0 Å². The SMILES string of the molecule is Cc1cc(O)c(C(C)C)cc1Nc1nc(N2CCC(Cc3ccncc3)CC2)nc2ncn(C)c12. The van der Waals surface area contributed by atoms with Crippen molar-refractivity contribution in [2.45, 2.75) is 46.0 Å². The maximum absolute atomic E-state index is 10.4. The molecule has 1 aliphatic rings. The number of hydrogen-bond acceptors (Lipinski definition) is 7. The molecule has 35 heavy (non-hydrogen) atoms. The molecule has 0 saturated carbocycles. The van der Waals surface area contributed by atoms with Crippen molar-refractivity contribution < 1.29 is 5.11 Å². The van der Waals surface area contributed by atoms with E-state index in [0.29, 0.717) is 23.3 Å². The molecule has 0 atom stereocenters. The second kappa shape index (κ2) is 9.52. The van der Waals surface area contributed by atoms with Crippen LogP contribution in [-0.2, 0) is 13.5 Å². The lowest BCUT2D eigenvalue weighted by Gasteiger charge is -2.32. The molecule has 182 valence electrons. The van der Waals surface area contributed by atoms with Gasteiger partial charge in [0.15, 0.2) is 11.5 Å². The van der Waals surface area contributed by atoms with Gasteiger partial charge in [0.05, 0.1) is 6.33 Å². The smallest absolute Gasteiger partial charge is 0.229 e. The molecule has 0 unspecified atom stereocenters. The first-order valence-corrected chi connectivity index (χ1v) is 12.3. The summed E-state index contributed by atoms with van der Waals surface area (Å²) in [5.41, 5.74) is 5.68. The van der Waals surface area contributed by atoms with E-state index in [0.717, 1.165) is 60.5 Å². The second-order valence-electron chi connectivity index (χ2n) is 9.90. The lowest BCUT2D eigenvalue weighted by atomic mass is 9.90. The summed E-state index contributed by atoms with van der Waals surface area (Å²) in [6.07, 6.45) is 8.80. The number of piperidine rings is 1. The van der Waals surface area contributed by atoms with Gasteiger partial charge in [-0.2, -0.15) is 9.97 Å². The average molecular weight is 472 g/mol. The number of anilines is 3. The zero-order chi connectivity index (χ0) is 24.5. The van der Waals surface area contributed by atoms with Crippen molar-refractivity contribution in [3.63, 3.8) is 0 Å². The molecule has 1 fully saturated rings. The summed E-state index contributed by atoms with van der Waals surface area (Å²) in [7, 11) is 1.96. The highest BCUT2D eigenvalue weighted by Gasteiger charge is 2.24. The molecule has 0 amide bonds. The molecule has 0 bridgehead atoms. The summed E-state index contributed by atoms with van der Waals surface area (Å²) >= 11 is 0. The molecule has 8 nitrogen and oxygen atoms in total. The Morgan fingerprint density at radius 3 is 2.57 bits per heavy atom. The number of phenolic OH excluding ortho intramolecular Hbond substituents is 1. The van der Waals surface area contributed by atoms with Crippen molar-refractivity contribution in [2.24, 2.45) is 13.0 Å². The van der Waals surface area contributed by atoms with E-state index < -0.39 is 0 Å². The van der Waals surface area contributed by atoms with Gasteiger partial charge in [-0.15, -0.1) is 0 Å². The Morgan fingerprint density at radius 2 is 1.86 bits per heavy atom. The topological polar surface area (TPSA) is 92.0 Å². The third kappa shape index (κ3) is 4.78. The van der Waals surface area contributed by atoms with Crippen LogP contribution in [0.4, 0.5) is 17.5 Å². The van der Waals surface area contributed by atoms with Gasteiger partial charge in [0.25, 0.3) is 0 Å². The molecule has 3 aromatic heterocycles. The lowest BCUT2D eigenvalue weighted by Crippen LogP contribution is -2.35. The Morgan fingerprint density at radius 1 is 1.11 bits per heavy atom. The van der Waals surface area contributed by atoms with Gasteiger partial charge in [-0.25, -0.2) is 4.98 Å². The molecule has 1 saturated heterocycles. The number of nitrogens with zero attached hydrogens (tertiary/aromatic N) is 6. The first kappa shape index (κ1) is 23.1. The molecule has 8 heteroatoms. The monoisotopic (exact) mass is 471 g/mol. The van der Waals surface area contributed by atoms with Crippen LogP contribution >= 0.6 is 0 Å². The van der Waals surface area contributed by atoms with Crippen molar-refractivity contribution >= 4 is 28.6 Å². The van der Waals surface area contributed by atoms with E-state index >= 15 is 0 Å². The van der Waals surface area contributed by atoms with E-state index in [-0.39, 0.29) is 5.92 Å². The Kier molecular flexibility index (Phi) is 6.28. The summed E-state index contributed by atoms with van der Waals surface area (Å²) < 4.78 is 1.95. The van der Waals surface area contributed by atoms with Gasteiger partial charge in [0.2, 0.25) is 5.95 Å². The second-order valence-corrected chi connectivity index (χ2v) is 9.90. The summed E-state index contributed by atoms with van der Waals surface area (Å²) in [4.78, 5) is 20.7. The number of aromatic hydroxyl groups is 1. The Hall–Kier alpha value is -3.68. The van der Waals surface area contributed by atoms with Gasteiger partial charge in [-0.3, -0.25) is 4.98 Å². The normalized spacial score (nSPS) is 14.7. The van der Waals surface area contributed by atoms with Gasteiger partial charge in [0, 0.05) is 38.2 Å². The van der Waals surface area contributed by atoms with Crippen molar-refractivity contribution in [1.29, 1.82) is 0 Å². The molecule has 0 aliphatic carbocycles. The van der Waals surface area contributed by atoms with Gasteiger partial charge < -0.3 is 19.9 Å². The Balaban J connectivity index is 1.41. The van der Waals surface area contributed by atoms with Crippen LogP contribution in [-0.4, -0.2) is 42.7 Å². The van der Waals surface area contributed by atoms with Crippen LogP contribution < -0.4 is 10.2 Å². The first-order chi connectivity index (χ1) is 16.9. The number of nitrogens with one attached hydrogen (secondary N) is 1. The molecule has 0 radical (unpaired) electrons. The van der Waals surface area contributed by atoms with Crippen LogP contribution in [0.1, 0.15) is 49.3 Å². The lowest BCUT2D eigenvalue weighted by molar-refractivity contribution is 0.401. The van der Waals surface area contributed by atoms with Crippen molar-refractivity contribution in [1.82, 2.24) is 24.5 Å². The van der Waals surface area contributed by atoms with Gasteiger partial charge in [0.1, 0.15) is 11.3 Å². The van der Waals surface area contributed by atoms with E-state index in [2.05, 4.69) is 46.2 Å². The fourth-order valence-electron chi connectivity index (χ4n) is 4.90. The highest BCUT2D eigenvalue weighted by atomic mass is 16.3. The Labute approximate surface area is 206 Å². The third-order valence-electron chi connectivity index (χ3n) is 6.98. The Bertz CT molecular complexity index is 1320. The fourth-order valence-corrected chi connectivity index (χ4v) is 4.90. The van der Waals surface area contributed by atoms with Gasteiger partial charge in [-0.1, -0.05) is 13.8 Å². The molecule has 2 N–H and O–H groups in total. The number of pyridine rings is 1. The van der Waals surface area contributed by atoms with Crippen molar-refractivity contribution in [2.75, 3.05) is 23.3 Å². The number of imidazole rings is 1. The molecule has 1 aliphatic heterocycles. The number of rotatable bonds is 6. The number of fused-ring (bicyclic) bond motifs is 1. The quantitative estimate of drug-likeness (QED) is 0.378. The van der Waals surface area contributed by atoms with Crippen molar-refractivity contribution in [3.8, 4) is 5.75 Å². The van der Waals surface area contributed by atoms with Crippen LogP contribution in [0.15, 0.2) is 43.0 Å². The molecule has 5 rings (SSSR count). The molecular weight excluding hydrogens is 438 g/mol. The number of aryl methyl sites for hydroxylation is 2. The molecule has 1 aromatic carbocycles. The van der Waals surface area contributed by atoms with Crippen molar-refractivity contribution in [3.05, 3.63) is 59.7 Å². The first-order valence-electron chi connectivity index (χ1n) is 12.3. The number of benzene rings is 1. The summed E-state index contributed by atoms with van der Waals surface area (Å²) in [5.74, 6) is 2.63. The average Bonchev–Trinajstić information content (AvgIpc) is 3.22. The molecule has 4 aromatic rings.